The second kappa shape index (κ2) is 5.75. The quantitative estimate of drug-likeness (QED) is 0.839. The van der Waals surface area contributed by atoms with Crippen LogP contribution in [0.25, 0.3) is 0 Å². The Hall–Kier alpha value is -2.04. The lowest BCUT2D eigenvalue weighted by molar-refractivity contribution is -0.137. The van der Waals surface area contributed by atoms with Gasteiger partial charge in [0.2, 0.25) is 0 Å². The van der Waals surface area contributed by atoms with Gasteiger partial charge in [-0.1, -0.05) is 12.1 Å². The van der Waals surface area contributed by atoms with Gasteiger partial charge in [-0.25, -0.2) is 0 Å². The first-order valence-electron chi connectivity index (χ1n) is 8.90. The van der Waals surface area contributed by atoms with Crippen LogP contribution < -0.4 is 0 Å². The van der Waals surface area contributed by atoms with Gasteiger partial charge in [0.25, 0.3) is 0 Å². The van der Waals surface area contributed by atoms with Crippen molar-refractivity contribution in [1.29, 1.82) is 0 Å². The van der Waals surface area contributed by atoms with Gasteiger partial charge in [-0.3, -0.25) is 4.90 Å². The van der Waals surface area contributed by atoms with Gasteiger partial charge in [0.05, 0.1) is 18.4 Å². The molecular formula is C21H25NO3. The number of piperidine rings is 1. The van der Waals surface area contributed by atoms with Crippen LogP contribution in [0.2, 0.25) is 0 Å². The average Bonchev–Trinajstić information content (AvgIpc) is 3.06. The van der Waals surface area contributed by atoms with E-state index >= 15 is 0 Å². The number of phenols is 1. The smallest absolute Gasteiger partial charge is 0.117 e. The molecule has 1 aliphatic heterocycles. The third kappa shape index (κ3) is 2.35. The maximum Gasteiger partial charge on any atom is 0.117 e. The molecule has 2 heterocycles. The first kappa shape index (κ1) is 16.4. The Balaban J connectivity index is 1.79. The summed E-state index contributed by atoms with van der Waals surface area (Å²) in [6.07, 6.45) is 5.87. The molecule has 0 saturated carbocycles. The first-order valence-corrected chi connectivity index (χ1v) is 8.90. The van der Waals surface area contributed by atoms with Crippen LogP contribution >= 0.6 is 0 Å². The Bertz CT molecular complexity index is 780. The number of likely N-dealkylation sites (tertiary alicyclic amines) is 1. The summed E-state index contributed by atoms with van der Waals surface area (Å²) in [4.78, 5) is 2.33. The van der Waals surface area contributed by atoms with E-state index in [2.05, 4.69) is 11.5 Å². The summed E-state index contributed by atoms with van der Waals surface area (Å²) in [7, 11) is 0. The van der Waals surface area contributed by atoms with Crippen LogP contribution in [-0.4, -0.2) is 33.3 Å². The van der Waals surface area contributed by atoms with E-state index in [4.69, 9.17) is 4.42 Å². The number of aromatic hydroxyl groups is 1. The van der Waals surface area contributed by atoms with E-state index in [0.29, 0.717) is 13.0 Å². The first-order chi connectivity index (χ1) is 12.0. The number of furan rings is 1. The van der Waals surface area contributed by atoms with E-state index in [0.717, 1.165) is 30.7 Å². The average molecular weight is 339 g/mol. The van der Waals surface area contributed by atoms with E-state index in [-0.39, 0.29) is 11.8 Å². The van der Waals surface area contributed by atoms with Gasteiger partial charge in [-0.2, -0.15) is 0 Å². The molecule has 2 N–H and O–H groups in total. The fraction of sp³-hybridized carbons (Fsp3) is 0.429. The Morgan fingerprint density at radius 3 is 2.96 bits per heavy atom. The van der Waals surface area contributed by atoms with E-state index in [9.17, 15) is 10.2 Å². The Morgan fingerprint density at radius 1 is 1.40 bits per heavy atom. The number of phenolic OH excluding ortho intramolecular Hbond substituents is 1. The molecule has 1 aromatic carbocycles. The molecule has 0 spiro atoms. The van der Waals surface area contributed by atoms with Crippen molar-refractivity contribution in [3.63, 3.8) is 0 Å². The largest absolute Gasteiger partial charge is 0.508 e. The molecule has 4 rings (SSSR count). The van der Waals surface area contributed by atoms with E-state index in [1.807, 2.05) is 37.3 Å². The summed E-state index contributed by atoms with van der Waals surface area (Å²) in [5.74, 6) is 1.18. The minimum atomic E-state index is -0.910. The molecule has 132 valence electrons. The Kier molecular flexibility index (Phi) is 3.78. The van der Waals surface area contributed by atoms with E-state index in [1.54, 1.807) is 12.3 Å². The molecule has 1 aromatic heterocycles. The molecule has 1 fully saturated rings. The molecule has 2 bridgehead atoms. The number of benzene rings is 1. The molecule has 1 saturated heterocycles. The van der Waals surface area contributed by atoms with Crippen molar-refractivity contribution in [3.05, 3.63) is 66.1 Å². The summed E-state index contributed by atoms with van der Waals surface area (Å²) in [6.45, 7) is 7.46. The molecule has 2 aromatic rings. The standard InChI is InChI=1S/C21H25NO3/c1-3-8-21-9-10-22(14-17-5-4-11-25-17)19(20(21,2)24)12-15-6-7-16(23)13-18(15)21/h3-7,11,13,19,23-24H,1,8-10,12,14H2,2H3/t19-,20-,21+/m1/s1. The highest BCUT2D eigenvalue weighted by Gasteiger charge is 2.59. The van der Waals surface area contributed by atoms with Gasteiger partial charge >= 0.3 is 0 Å². The lowest BCUT2D eigenvalue weighted by Gasteiger charge is -2.60. The predicted molar refractivity (Wildman–Crippen MR) is 96.4 cm³/mol. The molecule has 0 amide bonds. The zero-order valence-electron chi connectivity index (χ0n) is 14.6. The third-order valence-corrected chi connectivity index (χ3v) is 6.34. The molecular weight excluding hydrogens is 314 g/mol. The van der Waals surface area contributed by atoms with Crippen LogP contribution in [0.15, 0.2) is 53.7 Å². The number of rotatable bonds is 4. The summed E-state index contributed by atoms with van der Waals surface area (Å²) in [6, 6.07) is 9.47. The van der Waals surface area contributed by atoms with Gasteiger partial charge in [0, 0.05) is 18.0 Å². The molecule has 3 atom stereocenters. The zero-order valence-corrected chi connectivity index (χ0v) is 14.6. The van der Waals surface area contributed by atoms with Gasteiger partial charge in [0.1, 0.15) is 11.5 Å². The van der Waals surface area contributed by atoms with Crippen molar-refractivity contribution in [2.45, 2.75) is 49.8 Å². The monoisotopic (exact) mass is 339 g/mol. The number of hydrogen-bond acceptors (Lipinski definition) is 4. The molecule has 0 radical (unpaired) electrons. The maximum absolute atomic E-state index is 11.7. The van der Waals surface area contributed by atoms with E-state index < -0.39 is 11.0 Å². The summed E-state index contributed by atoms with van der Waals surface area (Å²) >= 11 is 0. The van der Waals surface area contributed by atoms with Crippen LogP contribution in [0.3, 0.4) is 0 Å². The summed E-state index contributed by atoms with van der Waals surface area (Å²) in [5.41, 5.74) is 0.963. The van der Waals surface area contributed by atoms with Crippen LogP contribution in [0.4, 0.5) is 0 Å². The van der Waals surface area contributed by atoms with Crippen LogP contribution in [-0.2, 0) is 18.4 Å². The fourth-order valence-corrected chi connectivity index (χ4v) is 5.01. The minimum Gasteiger partial charge on any atom is -0.508 e. The molecule has 1 aliphatic carbocycles. The van der Waals surface area contributed by atoms with Gasteiger partial charge < -0.3 is 14.6 Å². The van der Waals surface area contributed by atoms with Crippen molar-refractivity contribution < 1.29 is 14.6 Å². The molecule has 0 unspecified atom stereocenters. The SMILES string of the molecule is C=CC[C@]12CCN(Cc3ccco3)[C@H](Cc3ccc(O)cc31)[C@@]2(C)O. The number of nitrogens with zero attached hydrogens (tertiary/aromatic N) is 1. The van der Waals surface area contributed by atoms with Crippen LogP contribution in [0, 0.1) is 0 Å². The number of fused-ring (bicyclic) bond motifs is 4. The lowest BCUT2D eigenvalue weighted by atomic mass is 9.54. The molecule has 25 heavy (non-hydrogen) atoms. The van der Waals surface area contributed by atoms with Crippen molar-refractivity contribution in [2.75, 3.05) is 6.54 Å². The normalized spacial score (nSPS) is 31.5. The highest BCUT2D eigenvalue weighted by atomic mass is 16.3. The number of aliphatic hydroxyl groups is 1. The second-order valence-electron chi connectivity index (χ2n) is 7.58. The Morgan fingerprint density at radius 2 is 2.24 bits per heavy atom. The second-order valence-corrected chi connectivity index (χ2v) is 7.58. The Labute approximate surface area is 148 Å². The maximum atomic E-state index is 11.7. The van der Waals surface area contributed by atoms with Crippen molar-refractivity contribution >= 4 is 0 Å². The van der Waals surface area contributed by atoms with Gasteiger partial charge in [-0.15, -0.1) is 6.58 Å². The van der Waals surface area contributed by atoms with Gasteiger partial charge in [0.15, 0.2) is 0 Å². The fourth-order valence-electron chi connectivity index (χ4n) is 5.01. The molecule has 2 aliphatic rings. The van der Waals surface area contributed by atoms with Crippen molar-refractivity contribution in [2.24, 2.45) is 0 Å². The minimum absolute atomic E-state index is 0.00310. The third-order valence-electron chi connectivity index (χ3n) is 6.34. The highest BCUT2D eigenvalue weighted by Crippen LogP contribution is 2.54. The number of allylic oxidation sites excluding steroid dienone is 1. The zero-order chi connectivity index (χ0) is 17.7. The van der Waals surface area contributed by atoms with Crippen molar-refractivity contribution in [3.8, 4) is 5.75 Å². The lowest BCUT2D eigenvalue weighted by Crippen LogP contribution is -2.69. The van der Waals surface area contributed by atoms with Crippen LogP contribution in [0.1, 0.15) is 36.7 Å². The highest BCUT2D eigenvalue weighted by molar-refractivity contribution is 5.47. The molecule has 4 heteroatoms. The van der Waals surface area contributed by atoms with Gasteiger partial charge in [-0.05, 0) is 61.6 Å². The van der Waals surface area contributed by atoms with E-state index in [1.165, 1.54) is 5.56 Å². The molecule has 4 nitrogen and oxygen atoms in total. The van der Waals surface area contributed by atoms with Crippen LogP contribution in [0.5, 0.6) is 5.75 Å². The topological polar surface area (TPSA) is 56.8 Å². The summed E-state index contributed by atoms with van der Waals surface area (Å²) < 4.78 is 5.53. The summed E-state index contributed by atoms with van der Waals surface area (Å²) in [5, 5.41) is 21.7. The predicted octanol–water partition coefficient (Wildman–Crippen LogP) is 3.38. The van der Waals surface area contributed by atoms with Crippen molar-refractivity contribution in [1.82, 2.24) is 4.90 Å². The number of hydrogen-bond donors (Lipinski definition) is 2.